The third kappa shape index (κ3) is 3.85. The van der Waals surface area contributed by atoms with Crippen LogP contribution in [-0.4, -0.2) is 27.3 Å². The van der Waals surface area contributed by atoms with Crippen molar-refractivity contribution >= 4 is 11.6 Å². The predicted molar refractivity (Wildman–Crippen MR) is 107 cm³/mol. The largest absolute Gasteiger partial charge is 0.489 e. The molecule has 1 aliphatic carbocycles. The van der Waals surface area contributed by atoms with E-state index in [9.17, 15) is 9.18 Å². The lowest BCUT2D eigenvalue weighted by molar-refractivity contribution is -0.117. The Morgan fingerprint density at radius 1 is 1.31 bits per heavy atom. The number of nitrogens with one attached hydrogen (secondary N) is 1. The Bertz CT molecular complexity index is 1000. The average Bonchev–Trinajstić information content (AvgIpc) is 3.38. The summed E-state index contributed by atoms with van der Waals surface area (Å²) >= 11 is 0. The van der Waals surface area contributed by atoms with Crippen molar-refractivity contribution in [3.63, 3.8) is 0 Å². The molecule has 1 saturated carbocycles. The fraction of sp³-hybridized carbons (Fsp3) is 0.318. The molecule has 2 atom stereocenters. The summed E-state index contributed by atoms with van der Waals surface area (Å²) < 4.78 is 21.0. The lowest BCUT2D eigenvalue weighted by Crippen LogP contribution is -2.26. The quantitative estimate of drug-likeness (QED) is 0.620. The van der Waals surface area contributed by atoms with Crippen LogP contribution >= 0.6 is 0 Å². The number of ether oxygens (including phenoxy) is 1. The zero-order valence-corrected chi connectivity index (χ0v) is 16.4. The Morgan fingerprint density at radius 2 is 2.10 bits per heavy atom. The van der Waals surface area contributed by atoms with Crippen LogP contribution in [0.1, 0.15) is 24.6 Å². The molecular weight excluding hydrogens is 371 g/mol. The fourth-order valence-electron chi connectivity index (χ4n) is 3.67. The number of aromatic nitrogens is 3. The number of rotatable bonds is 7. The highest BCUT2D eigenvalue weighted by Gasteiger charge is 2.60. The van der Waals surface area contributed by atoms with Gasteiger partial charge < -0.3 is 10.1 Å². The molecule has 7 heteroatoms. The molecule has 0 unspecified atom stereocenters. The first kappa shape index (κ1) is 19.1. The number of amides is 1. The van der Waals surface area contributed by atoms with Crippen molar-refractivity contribution in [1.29, 1.82) is 0 Å². The number of hydrogen-bond donors (Lipinski definition) is 1. The maximum atomic E-state index is 13.0. The topological polar surface area (TPSA) is 69.0 Å². The number of halogens is 1. The summed E-state index contributed by atoms with van der Waals surface area (Å²) in [5.74, 6) is -0.205. The zero-order chi connectivity index (χ0) is 20.4. The second-order valence-corrected chi connectivity index (χ2v) is 7.36. The van der Waals surface area contributed by atoms with Gasteiger partial charge in [-0.3, -0.25) is 9.48 Å². The molecule has 1 N–H and O–H groups in total. The number of aryl methyl sites for hydroxylation is 2. The monoisotopic (exact) mass is 394 g/mol. The first-order chi connectivity index (χ1) is 14.0. The molecule has 29 heavy (non-hydrogen) atoms. The second-order valence-electron chi connectivity index (χ2n) is 7.36. The van der Waals surface area contributed by atoms with E-state index in [-0.39, 0.29) is 11.8 Å². The van der Waals surface area contributed by atoms with Crippen LogP contribution in [0.15, 0.2) is 54.9 Å². The molecule has 0 spiro atoms. The molecular formula is C22H23FN4O2. The highest BCUT2D eigenvalue weighted by atomic mass is 19.1. The van der Waals surface area contributed by atoms with Gasteiger partial charge in [0.15, 0.2) is 5.75 Å². The summed E-state index contributed by atoms with van der Waals surface area (Å²) in [4.78, 5) is 16.5. The summed E-state index contributed by atoms with van der Waals surface area (Å²) in [6.07, 6.45) is 3.88. The molecule has 6 nitrogen and oxygen atoms in total. The van der Waals surface area contributed by atoms with E-state index in [0.29, 0.717) is 18.7 Å². The third-order valence-electron chi connectivity index (χ3n) is 5.45. The molecule has 1 aliphatic rings. The minimum Gasteiger partial charge on any atom is -0.489 e. The van der Waals surface area contributed by atoms with Crippen LogP contribution in [0.4, 0.5) is 10.1 Å². The number of carbonyl (C=O) groups is 1. The smallest absolute Gasteiger partial charge is 0.228 e. The Labute approximate surface area is 168 Å². The van der Waals surface area contributed by atoms with Gasteiger partial charge in [0, 0.05) is 12.0 Å². The van der Waals surface area contributed by atoms with Gasteiger partial charge >= 0.3 is 0 Å². The minimum absolute atomic E-state index is 0.119. The van der Waals surface area contributed by atoms with Crippen LogP contribution in [0.5, 0.6) is 5.75 Å². The average molecular weight is 394 g/mol. The number of carbonyl (C=O) groups excluding carboxylic acids is 1. The molecule has 3 aromatic rings. The van der Waals surface area contributed by atoms with E-state index in [4.69, 9.17) is 4.74 Å². The van der Waals surface area contributed by atoms with Crippen LogP contribution in [-0.2, 0) is 16.8 Å². The van der Waals surface area contributed by atoms with Gasteiger partial charge in [0.25, 0.3) is 0 Å². The van der Waals surface area contributed by atoms with Crippen LogP contribution in [0.25, 0.3) is 0 Å². The molecule has 0 saturated heterocycles. The summed E-state index contributed by atoms with van der Waals surface area (Å²) in [6.45, 7) is 5.08. The Hall–Kier alpha value is -3.22. The van der Waals surface area contributed by atoms with E-state index in [2.05, 4.69) is 15.4 Å². The molecule has 2 heterocycles. The Balaban J connectivity index is 1.52. The highest BCUT2D eigenvalue weighted by molar-refractivity contribution is 5.96. The summed E-state index contributed by atoms with van der Waals surface area (Å²) in [5.41, 5.74) is 1.97. The van der Waals surface area contributed by atoms with Crippen molar-refractivity contribution in [2.24, 2.45) is 5.92 Å². The van der Waals surface area contributed by atoms with Gasteiger partial charge in [-0.1, -0.05) is 30.3 Å². The normalized spacial score (nSPS) is 20.3. The predicted octanol–water partition coefficient (Wildman–Crippen LogP) is 3.72. The molecule has 1 fully saturated rings. The first-order valence-corrected chi connectivity index (χ1v) is 9.66. The number of nitrogens with zero attached hydrogens (tertiary/aromatic N) is 3. The summed E-state index contributed by atoms with van der Waals surface area (Å²) in [6, 6.07) is 12.7. The molecule has 0 radical (unpaired) electrons. The molecule has 0 aliphatic heterocycles. The van der Waals surface area contributed by atoms with Crippen molar-refractivity contribution in [2.75, 3.05) is 11.9 Å². The molecule has 4 rings (SSSR count). The van der Waals surface area contributed by atoms with Gasteiger partial charge in [-0.15, -0.1) is 0 Å². The molecule has 150 valence electrons. The lowest BCUT2D eigenvalue weighted by Gasteiger charge is -2.19. The molecule has 2 aromatic heterocycles. The van der Waals surface area contributed by atoms with Gasteiger partial charge in [-0.05, 0) is 38.0 Å². The van der Waals surface area contributed by atoms with E-state index >= 15 is 0 Å². The van der Waals surface area contributed by atoms with Crippen LogP contribution in [0.3, 0.4) is 0 Å². The van der Waals surface area contributed by atoms with Gasteiger partial charge in [-0.25, -0.2) is 4.98 Å². The zero-order valence-electron chi connectivity index (χ0n) is 16.4. The van der Waals surface area contributed by atoms with Crippen molar-refractivity contribution in [2.45, 2.75) is 32.2 Å². The van der Waals surface area contributed by atoms with Crippen LogP contribution in [0.2, 0.25) is 0 Å². The maximum absolute atomic E-state index is 13.0. The Kier molecular flexibility index (Phi) is 5.05. The first-order valence-electron chi connectivity index (χ1n) is 9.66. The number of hydrogen-bond acceptors (Lipinski definition) is 4. The second kappa shape index (κ2) is 7.66. The van der Waals surface area contributed by atoms with Crippen LogP contribution < -0.4 is 10.1 Å². The minimum atomic E-state index is -0.579. The van der Waals surface area contributed by atoms with Crippen molar-refractivity contribution < 1.29 is 13.9 Å². The van der Waals surface area contributed by atoms with E-state index in [1.807, 2.05) is 55.1 Å². The van der Waals surface area contributed by atoms with Crippen molar-refractivity contribution in [3.05, 3.63) is 72.1 Å². The SMILES string of the molecule is CCn1cc(OC[C@@]2(c3ccccc3)C[C@H]2C(=O)Nc2ccc(F)nc2)c(C)n1. The number of pyridine rings is 1. The van der Waals surface area contributed by atoms with Gasteiger partial charge in [0.2, 0.25) is 11.9 Å². The molecule has 1 aromatic carbocycles. The van der Waals surface area contributed by atoms with E-state index < -0.39 is 11.4 Å². The van der Waals surface area contributed by atoms with Gasteiger partial charge in [-0.2, -0.15) is 9.49 Å². The lowest BCUT2D eigenvalue weighted by atomic mass is 9.93. The fourth-order valence-corrected chi connectivity index (χ4v) is 3.67. The number of benzene rings is 1. The third-order valence-corrected chi connectivity index (χ3v) is 5.45. The molecule has 0 bridgehead atoms. The molecule has 1 amide bonds. The van der Waals surface area contributed by atoms with E-state index in [1.165, 1.54) is 18.3 Å². The summed E-state index contributed by atoms with van der Waals surface area (Å²) in [5, 5.41) is 7.25. The van der Waals surface area contributed by atoms with Crippen molar-refractivity contribution in [3.8, 4) is 5.75 Å². The van der Waals surface area contributed by atoms with Gasteiger partial charge in [0.05, 0.1) is 30.6 Å². The highest BCUT2D eigenvalue weighted by Crippen LogP contribution is 2.55. The standard InChI is InChI=1S/C22H23FN4O2/c1-3-27-13-19(15(2)26-27)29-14-22(16-7-5-4-6-8-16)11-18(22)21(28)25-17-9-10-20(23)24-12-17/h4-10,12-13,18H,3,11,14H2,1-2H3,(H,25,28)/t18-,22+/m0/s1. The van der Waals surface area contributed by atoms with E-state index in [1.54, 1.807) is 0 Å². The number of anilines is 1. The van der Waals surface area contributed by atoms with E-state index in [0.717, 1.165) is 23.6 Å². The maximum Gasteiger partial charge on any atom is 0.228 e. The Morgan fingerprint density at radius 3 is 2.76 bits per heavy atom. The van der Waals surface area contributed by atoms with Gasteiger partial charge in [0.1, 0.15) is 5.69 Å². The summed E-state index contributed by atoms with van der Waals surface area (Å²) in [7, 11) is 0. The van der Waals surface area contributed by atoms with Crippen LogP contribution in [0, 0.1) is 18.8 Å². The van der Waals surface area contributed by atoms with Crippen molar-refractivity contribution in [1.82, 2.24) is 14.8 Å².